The molecule has 0 radical (unpaired) electrons. The van der Waals surface area contributed by atoms with Crippen molar-refractivity contribution in [3.8, 4) is 11.3 Å². The number of H-pyrrole nitrogens is 1. The Kier molecular flexibility index (Phi) is 4.36. The summed E-state index contributed by atoms with van der Waals surface area (Å²) in [6, 6.07) is 23.4. The van der Waals surface area contributed by atoms with Gasteiger partial charge in [-0.3, -0.25) is 4.79 Å². The Hall–Kier alpha value is -2.85. The van der Waals surface area contributed by atoms with Gasteiger partial charge in [0, 0.05) is 34.5 Å². The normalized spacial score (nSPS) is 10.9. The van der Waals surface area contributed by atoms with Crippen molar-refractivity contribution in [3.63, 3.8) is 0 Å². The predicted molar refractivity (Wildman–Crippen MR) is 104 cm³/mol. The van der Waals surface area contributed by atoms with Crippen LogP contribution in [-0.4, -0.2) is 9.97 Å². The van der Waals surface area contributed by atoms with Crippen LogP contribution in [0.15, 0.2) is 88.8 Å². The number of aromatic nitrogens is 2. The maximum atomic E-state index is 12.4. The lowest BCUT2D eigenvalue weighted by atomic mass is 10.1. The number of benzene rings is 2. The van der Waals surface area contributed by atoms with Gasteiger partial charge in [0.2, 0.25) is 0 Å². The molecule has 2 heterocycles. The summed E-state index contributed by atoms with van der Waals surface area (Å²) in [5.41, 5.74) is 3.86. The summed E-state index contributed by atoms with van der Waals surface area (Å²) in [7, 11) is 0. The molecule has 2 aromatic heterocycles. The molecule has 0 saturated heterocycles. The van der Waals surface area contributed by atoms with Gasteiger partial charge in [-0.15, -0.1) is 11.8 Å². The minimum Gasteiger partial charge on any atom is -0.354 e. The highest BCUT2D eigenvalue weighted by atomic mass is 32.2. The van der Waals surface area contributed by atoms with Gasteiger partial charge in [-0.25, -0.2) is 4.98 Å². The van der Waals surface area contributed by atoms with Crippen LogP contribution < -0.4 is 5.43 Å². The second-order valence-electron chi connectivity index (χ2n) is 5.72. The van der Waals surface area contributed by atoms with E-state index in [4.69, 9.17) is 0 Å². The quantitative estimate of drug-likeness (QED) is 0.537. The lowest BCUT2D eigenvalue weighted by Gasteiger charge is -2.09. The fourth-order valence-electron chi connectivity index (χ4n) is 2.78. The molecule has 0 amide bonds. The van der Waals surface area contributed by atoms with Gasteiger partial charge in [-0.05, 0) is 29.8 Å². The molecule has 0 spiro atoms. The Bertz CT molecular complexity index is 1070. The fraction of sp³-hybridized carbons (Fsp3) is 0.0476. The minimum atomic E-state index is 0.0206. The standard InChI is InChI=1S/C21H16N2OS/c24-20-13-19(23-18-11-5-4-9-16(18)20)17-10-6-12-22-21(17)25-14-15-7-2-1-3-8-15/h1-13H,14H2,(H,23,24). The average molecular weight is 344 g/mol. The molecular formula is C21H16N2OS. The zero-order chi connectivity index (χ0) is 17.1. The van der Waals surface area contributed by atoms with E-state index in [-0.39, 0.29) is 5.43 Å². The van der Waals surface area contributed by atoms with Crippen molar-refractivity contribution in [3.05, 3.63) is 94.8 Å². The van der Waals surface area contributed by atoms with Crippen molar-refractivity contribution in [1.82, 2.24) is 9.97 Å². The molecule has 0 bridgehead atoms. The summed E-state index contributed by atoms with van der Waals surface area (Å²) in [5, 5.41) is 1.62. The van der Waals surface area contributed by atoms with Crippen LogP contribution in [0.5, 0.6) is 0 Å². The third-order valence-electron chi connectivity index (χ3n) is 4.02. The first-order chi connectivity index (χ1) is 12.3. The Morgan fingerprint density at radius 3 is 2.60 bits per heavy atom. The Morgan fingerprint density at radius 2 is 1.72 bits per heavy atom. The molecule has 0 aliphatic rings. The van der Waals surface area contributed by atoms with E-state index in [0.717, 1.165) is 27.6 Å². The summed E-state index contributed by atoms with van der Waals surface area (Å²) >= 11 is 1.67. The van der Waals surface area contributed by atoms with Crippen molar-refractivity contribution in [2.75, 3.05) is 0 Å². The van der Waals surface area contributed by atoms with Crippen LogP contribution in [0.4, 0.5) is 0 Å². The molecular weight excluding hydrogens is 328 g/mol. The lowest BCUT2D eigenvalue weighted by Crippen LogP contribution is -2.03. The van der Waals surface area contributed by atoms with Crippen LogP contribution in [0.1, 0.15) is 5.56 Å². The minimum absolute atomic E-state index is 0.0206. The first-order valence-corrected chi connectivity index (χ1v) is 9.04. The van der Waals surface area contributed by atoms with Crippen molar-refractivity contribution in [1.29, 1.82) is 0 Å². The number of rotatable bonds is 4. The number of fused-ring (bicyclic) bond motifs is 1. The van der Waals surface area contributed by atoms with Gasteiger partial charge in [-0.1, -0.05) is 42.5 Å². The SMILES string of the molecule is O=c1cc(-c2cccnc2SCc2ccccc2)[nH]c2ccccc12. The molecule has 0 saturated carbocycles. The van der Waals surface area contributed by atoms with E-state index >= 15 is 0 Å². The number of para-hydroxylation sites is 1. The van der Waals surface area contributed by atoms with E-state index < -0.39 is 0 Å². The van der Waals surface area contributed by atoms with Gasteiger partial charge >= 0.3 is 0 Å². The number of thioether (sulfide) groups is 1. The Morgan fingerprint density at radius 1 is 0.920 bits per heavy atom. The highest BCUT2D eigenvalue weighted by molar-refractivity contribution is 7.98. The Balaban J connectivity index is 1.72. The summed E-state index contributed by atoms with van der Waals surface area (Å²) in [4.78, 5) is 20.3. The number of pyridine rings is 2. The summed E-state index contributed by atoms with van der Waals surface area (Å²) < 4.78 is 0. The highest BCUT2D eigenvalue weighted by Crippen LogP contribution is 2.30. The molecule has 0 atom stereocenters. The third-order valence-corrected chi connectivity index (χ3v) is 5.09. The second-order valence-corrected chi connectivity index (χ2v) is 6.69. The van der Waals surface area contributed by atoms with Crippen molar-refractivity contribution in [2.24, 2.45) is 0 Å². The van der Waals surface area contributed by atoms with E-state index in [0.29, 0.717) is 5.39 Å². The lowest BCUT2D eigenvalue weighted by molar-refractivity contribution is 1.12. The molecule has 4 aromatic rings. The largest absolute Gasteiger partial charge is 0.354 e. The number of nitrogens with zero attached hydrogens (tertiary/aromatic N) is 1. The smallest absolute Gasteiger partial charge is 0.190 e. The second kappa shape index (κ2) is 6.95. The van der Waals surface area contributed by atoms with Crippen LogP contribution in [0.3, 0.4) is 0 Å². The maximum absolute atomic E-state index is 12.4. The molecule has 4 rings (SSSR count). The molecule has 0 unspecified atom stereocenters. The van der Waals surface area contributed by atoms with Gasteiger partial charge in [0.05, 0.1) is 5.69 Å². The van der Waals surface area contributed by atoms with Crippen molar-refractivity contribution < 1.29 is 0 Å². The Labute approximate surface area is 149 Å². The monoisotopic (exact) mass is 344 g/mol. The topological polar surface area (TPSA) is 45.8 Å². The highest BCUT2D eigenvalue weighted by Gasteiger charge is 2.10. The van der Waals surface area contributed by atoms with Crippen LogP contribution in [0.2, 0.25) is 0 Å². The van der Waals surface area contributed by atoms with E-state index in [1.807, 2.05) is 54.6 Å². The summed E-state index contributed by atoms with van der Waals surface area (Å²) in [6.07, 6.45) is 1.79. The number of hydrogen-bond donors (Lipinski definition) is 1. The van der Waals surface area contributed by atoms with E-state index in [1.165, 1.54) is 5.56 Å². The molecule has 4 heteroatoms. The van der Waals surface area contributed by atoms with Gasteiger partial charge in [-0.2, -0.15) is 0 Å². The molecule has 25 heavy (non-hydrogen) atoms. The molecule has 2 aromatic carbocycles. The van der Waals surface area contributed by atoms with Crippen molar-refractivity contribution in [2.45, 2.75) is 10.8 Å². The van der Waals surface area contributed by atoms with Gasteiger partial charge in [0.1, 0.15) is 5.03 Å². The molecule has 1 N–H and O–H groups in total. The zero-order valence-electron chi connectivity index (χ0n) is 13.5. The number of aromatic amines is 1. The predicted octanol–water partition coefficient (Wildman–Crippen LogP) is 4.88. The van der Waals surface area contributed by atoms with Crippen LogP contribution in [0, 0.1) is 0 Å². The summed E-state index contributed by atoms with van der Waals surface area (Å²) in [5.74, 6) is 0.836. The zero-order valence-corrected chi connectivity index (χ0v) is 14.3. The number of hydrogen-bond acceptors (Lipinski definition) is 3. The van der Waals surface area contributed by atoms with Gasteiger partial charge < -0.3 is 4.98 Å². The first kappa shape index (κ1) is 15.7. The van der Waals surface area contributed by atoms with Crippen LogP contribution in [-0.2, 0) is 5.75 Å². The van der Waals surface area contributed by atoms with E-state index in [9.17, 15) is 4.79 Å². The van der Waals surface area contributed by atoms with E-state index in [1.54, 1.807) is 24.0 Å². The third kappa shape index (κ3) is 3.35. The molecule has 0 fully saturated rings. The van der Waals surface area contributed by atoms with Crippen molar-refractivity contribution >= 4 is 22.7 Å². The van der Waals surface area contributed by atoms with E-state index in [2.05, 4.69) is 22.1 Å². The van der Waals surface area contributed by atoms with Gasteiger partial charge in [0.15, 0.2) is 5.43 Å². The number of nitrogens with one attached hydrogen (secondary N) is 1. The maximum Gasteiger partial charge on any atom is 0.190 e. The van der Waals surface area contributed by atoms with Crippen LogP contribution >= 0.6 is 11.8 Å². The molecule has 3 nitrogen and oxygen atoms in total. The fourth-order valence-corrected chi connectivity index (χ4v) is 3.74. The van der Waals surface area contributed by atoms with Gasteiger partial charge in [0.25, 0.3) is 0 Å². The van der Waals surface area contributed by atoms with Crippen LogP contribution in [0.25, 0.3) is 22.2 Å². The molecule has 0 aliphatic carbocycles. The summed E-state index contributed by atoms with van der Waals surface area (Å²) in [6.45, 7) is 0. The average Bonchev–Trinajstić information content (AvgIpc) is 2.67. The molecule has 0 aliphatic heterocycles. The first-order valence-electron chi connectivity index (χ1n) is 8.05. The molecule has 122 valence electrons.